The third kappa shape index (κ3) is 6.07. The highest BCUT2D eigenvalue weighted by molar-refractivity contribution is 6.30. The van der Waals surface area contributed by atoms with Gasteiger partial charge in [0.2, 0.25) is 11.7 Å². The van der Waals surface area contributed by atoms with E-state index < -0.39 is 0 Å². The lowest BCUT2D eigenvalue weighted by molar-refractivity contribution is -0.147. The number of nitrogens with one attached hydrogen (secondary N) is 1. The Bertz CT molecular complexity index is 1110. The van der Waals surface area contributed by atoms with Gasteiger partial charge in [0.25, 0.3) is 5.89 Å². The van der Waals surface area contributed by atoms with E-state index in [-0.39, 0.29) is 42.1 Å². The van der Waals surface area contributed by atoms with E-state index in [1.807, 2.05) is 0 Å². The highest BCUT2D eigenvalue weighted by Crippen LogP contribution is 2.28. The highest BCUT2D eigenvalue weighted by Gasteiger charge is 2.28. The van der Waals surface area contributed by atoms with Crippen molar-refractivity contribution in [2.45, 2.75) is 38.2 Å². The van der Waals surface area contributed by atoms with Crippen molar-refractivity contribution in [1.29, 1.82) is 0 Å². The van der Waals surface area contributed by atoms with E-state index in [0.717, 1.165) is 25.7 Å². The molecule has 1 saturated carbocycles. The summed E-state index contributed by atoms with van der Waals surface area (Å²) in [4.78, 5) is 28.4. The molecule has 1 aliphatic rings. The Kier molecular flexibility index (Phi) is 7.19. The van der Waals surface area contributed by atoms with Crippen molar-refractivity contribution in [2.24, 2.45) is 5.92 Å². The maximum absolute atomic E-state index is 12.5. The van der Waals surface area contributed by atoms with Gasteiger partial charge in [0.15, 0.2) is 0 Å². The summed E-state index contributed by atoms with van der Waals surface area (Å²) in [5.41, 5.74) is 1.37. The van der Waals surface area contributed by atoms with Gasteiger partial charge in [-0.05, 0) is 49.4 Å². The summed E-state index contributed by atoms with van der Waals surface area (Å²) < 4.78 is 16.1. The van der Waals surface area contributed by atoms with Crippen LogP contribution < -0.4 is 10.1 Å². The van der Waals surface area contributed by atoms with E-state index in [1.54, 1.807) is 42.6 Å². The number of carbonyl (C=O) groups excluding carboxylic acids is 2. The van der Waals surface area contributed by atoms with Crippen LogP contribution >= 0.6 is 11.6 Å². The number of pyridine rings is 1. The molecule has 1 N–H and O–H groups in total. The fourth-order valence-electron chi connectivity index (χ4n) is 3.68. The van der Waals surface area contributed by atoms with Crippen molar-refractivity contribution in [3.63, 3.8) is 0 Å². The van der Waals surface area contributed by atoms with Crippen molar-refractivity contribution in [3.05, 3.63) is 59.1 Å². The second-order valence-corrected chi connectivity index (χ2v) is 8.20. The van der Waals surface area contributed by atoms with Gasteiger partial charge in [0.05, 0.1) is 13.0 Å². The van der Waals surface area contributed by atoms with E-state index in [0.29, 0.717) is 22.2 Å². The average Bonchev–Trinajstić information content (AvgIpc) is 3.29. The summed E-state index contributed by atoms with van der Waals surface area (Å²) in [5, 5.41) is 11.1. The number of aromatic nitrogens is 3. The largest absolute Gasteiger partial charge is 0.474 e. The molecule has 0 aliphatic heterocycles. The number of Topliss-reactive ketones (excluding diaryl/α,β-unsaturated/α-hetero) is 1. The van der Waals surface area contributed by atoms with Crippen molar-refractivity contribution >= 4 is 35.1 Å². The number of ketones is 1. The molecule has 2 heterocycles. The minimum atomic E-state index is -0.321. The smallest absolute Gasteiger partial charge is 0.320 e. The van der Waals surface area contributed by atoms with E-state index in [4.69, 9.17) is 25.5 Å². The number of rotatable bonds is 8. The molecule has 0 atom stereocenters. The van der Waals surface area contributed by atoms with Crippen LogP contribution in [0.4, 0.5) is 11.7 Å². The Morgan fingerprint density at radius 3 is 2.67 bits per heavy atom. The third-order valence-corrected chi connectivity index (χ3v) is 5.63. The first-order chi connectivity index (χ1) is 16.0. The van der Waals surface area contributed by atoms with Gasteiger partial charge >= 0.3 is 12.0 Å². The Balaban J connectivity index is 1.28. The topological polar surface area (TPSA) is 116 Å². The molecule has 1 fully saturated rings. The van der Waals surface area contributed by atoms with Crippen LogP contribution in [0.25, 0.3) is 0 Å². The zero-order chi connectivity index (χ0) is 23.2. The van der Waals surface area contributed by atoms with Gasteiger partial charge in [0, 0.05) is 29.4 Å². The number of anilines is 2. The number of esters is 1. The molecular formula is C23H23ClN4O5. The molecule has 33 heavy (non-hydrogen) atoms. The number of hydrogen-bond acceptors (Lipinski definition) is 9. The maximum atomic E-state index is 12.5. The predicted octanol–water partition coefficient (Wildman–Crippen LogP) is 4.40. The first kappa shape index (κ1) is 22.7. The van der Waals surface area contributed by atoms with Crippen LogP contribution in [0, 0.1) is 5.92 Å². The van der Waals surface area contributed by atoms with Crippen LogP contribution in [-0.4, -0.2) is 40.1 Å². The summed E-state index contributed by atoms with van der Waals surface area (Å²) in [6.45, 7) is 0. The number of benzene rings is 1. The number of nitrogens with zero attached hydrogens (tertiary/aromatic N) is 3. The first-order valence-electron chi connectivity index (χ1n) is 10.6. The minimum Gasteiger partial charge on any atom is -0.474 e. The molecule has 0 amide bonds. The monoisotopic (exact) mass is 470 g/mol. The molecule has 0 spiro atoms. The van der Waals surface area contributed by atoms with Gasteiger partial charge in [0.1, 0.15) is 6.10 Å². The zero-order valence-electron chi connectivity index (χ0n) is 18.0. The molecule has 3 aromatic rings. The lowest BCUT2D eigenvalue weighted by Gasteiger charge is -2.27. The fraction of sp³-hybridized carbons (Fsp3) is 0.348. The first-order valence-corrected chi connectivity index (χ1v) is 11.0. The van der Waals surface area contributed by atoms with Crippen molar-refractivity contribution in [1.82, 2.24) is 15.2 Å². The average molecular weight is 471 g/mol. The van der Waals surface area contributed by atoms with Gasteiger partial charge in [-0.15, -0.1) is 5.10 Å². The molecule has 172 valence electrons. The standard InChI is InChI=1S/C23H23ClN4O5/c1-31-22(30)15-6-8-18(9-7-15)32-20-10-5-14(13-25-20)11-19(29)21-27-28-23(33-21)26-17-4-2-3-16(24)12-17/h2-5,10,12-13,15,18H,6-9,11H2,1H3,(H,26,28). The molecule has 2 aromatic heterocycles. The van der Waals surface area contributed by atoms with Crippen LogP contribution in [0.15, 0.2) is 47.0 Å². The van der Waals surface area contributed by atoms with E-state index >= 15 is 0 Å². The Morgan fingerprint density at radius 2 is 1.97 bits per heavy atom. The summed E-state index contributed by atoms with van der Waals surface area (Å²) in [7, 11) is 1.41. The quantitative estimate of drug-likeness (QED) is 0.377. The van der Waals surface area contributed by atoms with E-state index in [1.165, 1.54) is 7.11 Å². The van der Waals surface area contributed by atoms with Crippen LogP contribution in [-0.2, 0) is 16.0 Å². The lowest BCUT2D eigenvalue weighted by Crippen LogP contribution is -2.28. The van der Waals surface area contributed by atoms with E-state index in [2.05, 4.69) is 20.5 Å². The van der Waals surface area contributed by atoms with Gasteiger partial charge in [-0.1, -0.05) is 28.8 Å². The van der Waals surface area contributed by atoms with Gasteiger partial charge in [-0.2, -0.15) is 0 Å². The van der Waals surface area contributed by atoms with Gasteiger partial charge in [-0.25, -0.2) is 4.98 Å². The second-order valence-electron chi connectivity index (χ2n) is 7.77. The molecule has 0 bridgehead atoms. The number of methoxy groups -OCH3 is 1. The summed E-state index contributed by atoms with van der Waals surface area (Å²) >= 11 is 5.95. The zero-order valence-corrected chi connectivity index (χ0v) is 18.7. The van der Waals surface area contributed by atoms with E-state index in [9.17, 15) is 9.59 Å². The van der Waals surface area contributed by atoms with Crippen LogP contribution in [0.5, 0.6) is 5.88 Å². The second kappa shape index (κ2) is 10.4. The Hall–Kier alpha value is -3.46. The van der Waals surface area contributed by atoms with Crippen LogP contribution in [0.1, 0.15) is 41.9 Å². The fourth-order valence-corrected chi connectivity index (χ4v) is 3.87. The molecule has 10 heteroatoms. The SMILES string of the molecule is COC(=O)C1CCC(Oc2ccc(CC(=O)c3nnc(Nc4cccc(Cl)c4)o3)cn2)CC1. The van der Waals surface area contributed by atoms with Gasteiger partial charge < -0.3 is 19.2 Å². The molecule has 4 rings (SSSR count). The molecule has 1 aromatic carbocycles. The summed E-state index contributed by atoms with van der Waals surface area (Å²) in [6, 6.07) is 10.6. The van der Waals surface area contributed by atoms with Crippen molar-refractivity contribution < 1.29 is 23.5 Å². The Morgan fingerprint density at radius 1 is 1.15 bits per heavy atom. The van der Waals surface area contributed by atoms with Gasteiger partial charge in [-0.3, -0.25) is 9.59 Å². The highest BCUT2D eigenvalue weighted by atomic mass is 35.5. The molecule has 0 saturated heterocycles. The number of hydrogen-bond donors (Lipinski definition) is 1. The van der Waals surface area contributed by atoms with Crippen LogP contribution in [0.3, 0.4) is 0 Å². The number of ether oxygens (including phenoxy) is 2. The van der Waals surface area contributed by atoms with Crippen molar-refractivity contribution in [2.75, 3.05) is 12.4 Å². The molecule has 1 aliphatic carbocycles. The predicted molar refractivity (Wildman–Crippen MR) is 120 cm³/mol. The molecule has 0 unspecified atom stereocenters. The normalized spacial score (nSPS) is 17.9. The van der Waals surface area contributed by atoms with Crippen LogP contribution in [0.2, 0.25) is 5.02 Å². The maximum Gasteiger partial charge on any atom is 0.320 e. The third-order valence-electron chi connectivity index (χ3n) is 5.40. The van der Waals surface area contributed by atoms with Crippen molar-refractivity contribution in [3.8, 4) is 5.88 Å². The Labute approximate surface area is 195 Å². The minimum absolute atomic E-state index is 0.00898. The summed E-state index contributed by atoms with van der Waals surface area (Å²) in [5.74, 6) is -0.143. The molecule has 9 nitrogen and oxygen atoms in total. The number of halogens is 1. The molecule has 0 radical (unpaired) electrons. The lowest BCUT2D eigenvalue weighted by atomic mass is 9.87. The molecular weight excluding hydrogens is 448 g/mol. The number of carbonyl (C=O) groups is 2. The summed E-state index contributed by atoms with van der Waals surface area (Å²) in [6.07, 6.45) is 4.68.